The van der Waals surface area contributed by atoms with Crippen LogP contribution in [0.1, 0.15) is 38.5 Å². The average molecular weight is 1220 g/mol. The van der Waals surface area contributed by atoms with Crippen molar-refractivity contribution in [3.8, 4) is 0 Å². The number of halogens is 16. The maximum atomic E-state index is 12.3. The standard InChI is InChI=1S/C18H22F6N8O2.C13H23N9.3C2HF3O2.BrH/c1-30-14(25)12(11-27-30)28-29-16-31(7-3-2-5-13(33)17(19,20)21)9-10-32(16)8-4-6-26-15(34)18(22,23)24;1-20-12(16)11(10-17-20)18-19-13-21(6-2-4-14)8-9-22(13)7-3-5-15;3*3-2(4,5)1(6)7;/h9-11,25H,2-8H2,1H3,(H,26,34);8-10,16H,2-7,14-15H2,1H3;3*(H,6,7);1H. The summed E-state index contributed by atoms with van der Waals surface area (Å²) in [6.45, 7) is 3.65. The fraction of sp³-hybridized carbons (Fsp3) is 0.541. The molecule has 0 spiro atoms. The lowest BCUT2D eigenvalue weighted by Gasteiger charge is -2.07. The molecule has 0 saturated carbocycles. The lowest BCUT2D eigenvalue weighted by atomic mass is 10.2. The van der Waals surface area contributed by atoms with E-state index in [2.05, 4.69) is 51.3 Å². The highest BCUT2D eigenvalue weighted by Gasteiger charge is 2.39. The number of hydrogen-bond acceptors (Lipinski definition) is 16. The van der Waals surface area contributed by atoms with E-state index < -0.39 is 66.9 Å². The van der Waals surface area contributed by atoms with Gasteiger partial charge in [-0.1, -0.05) is 10.2 Å². The monoisotopic (exact) mass is 1220 g/mol. The lowest BCUT2D eigenvalue weighted by molar-refractivity contribution is -0.686. The molecule has 0 radical (unpaired) electrons. The number of aryl methyl sites for hydroxylation is 6. The Morgan fingerprint density at radius 2 is 0.936 bits per heavy atom. The summed E-state index contributed by atoms with van der Waals surface area (Å²) in [6.07, 6.45) is -13.6. The maximum absolute atomic E-state index is 12.3. The molecule has 0 aliphatic heterocycles. The Balaban J connectivity index is 0. The number of anilines is 2. The number of rotatable bonds is 19. The molecule has 0 unspecified atom stereocenters. The molecule has 0 atom stereocenters. The minimum Gasteiger partial charge on any atom is -1.00 e. The highest BCUT2D eigenvalue weighted by atomic mass is 79.9. The zero-order valence-electron chi connectivity index (χ0n) is 40.4. The Morgan fingerprint density at radius 1 is 0.577 bits per heavy atom. The van der Waals surface area contributed by atoms with Gasteiger partial charge in [0.25, 0.3) is 0 Å². The van der Waals surface area contributed by atoms with Crippen molar-refractivity contribution in [3.63, 3.8) is 0 Å². The fourth-order valence-electron chi connectivity index (χ4n) is 4.89. The third kappa shape index (κ3) is 27.5. The van der Waals surface area contributed by atoms with Gasteiger partial charge in [-0.25, -0.2) is 18.3 Å². The van der Waals surface area contributed by atoms with E-state index in [4.69, 9.17) is 41.2 Å². The molecule has 0 saturated heterocycles. The number of ketones is 1. The van der Waals surface area contributed by atoms with Crippen LogP contribution in [-0.2, 0) is 64.2 Å². The predicted octanol–water partition coefficient (Wildman–Crippen LogP) is -3.45. The topological polar surface area (TPSA) is 377 Å². The van der Waals surface area contributed by atoms with Crippen molar-refractivity contribution in [2.45, 2.75) is 95.6 Å². The highest BCUT2D eigenvalue weighted by Crippen LogP contribution is 2.25. The second kappa shape index (κ2) is 33.0. The summed E-state index contributed by atoms with van der Waals surface area (Å²) in [6, 6.07) is 0. The molecule has 4 aromatic rings. The summed E-state index contributed by atoms with van der Waals surface area (Å²) in [4.78, 5) is 48.3. The lowest BCUT2D eigenvalue weighted by Crippen LogP contribution is -3.00. The molecule has 11 N–H and O–H groups in total. The molecule has 4 rings (SSSR count). The van der Waals surface area contributed by atoms with Crippen LogP contribution in [0.3, 0.4) is 0 Å². The second-order valence-corrected chi connectivity index (χ2v) is 14.7. The zero-order chi connectivity index (χ0) is 59.7. The molecule has 0 aliphatic rings. The van der Waals surface area contributed by atoms with Crippen LogP contribution < -0.4 is 69.7 Å². The number of aliphatic carboxylic acids is 3. The summed E-state index contributed by atoms with van der Waals surface area (Å²) in [5, 5.41) is 52.9. The summed E-state index contributed by atoms with van der Waals surface area (Å²) in [7, 11) is 3.37. The summed E-state index contributed by atoms with van der Waals surface area (Å²) in [5.41, 5.74) is 20.3. The predicted molar refractivity (Wildman–Crippen MR) is 219 cm³/mol. The van der Waals surface area contributed by atoms with Crippen LogP contribution in [0, 0.1) is 0 Å². The summed E-state index contributed by atoms with van der Waals surface area (Å²) < 4.78 is 179. The number of alkyl halides is 15. The number of unbranched alkanes of at least 4 members (excludes halogenated alkanes) is 1. The van der Waals surface area contributed by atoms with Crippen LogP contribution in [0.4, 0.5) is 101 Å². The number of Topliss-reactive ketones (excluding diaryl/α,β-unsaturated/α-hetero) is 1. The fourth-order valence-corrected chi connectivity index (χ4v) is 4.89. The van der Waals surface area contributed by atoms with Gasteiger partial charge in [-0.15, -0.1) is 0 Å². The molecule has 25 nitrogen and oxygen atoms in total. The largest absolute Gasteiger partial charge is 1.00 e. The first-order valence-electron chi connectivity index (χ1n) is 21.2. The molecular formula is C37H49BrF15N17O8. The number of carboxylic acids is 3. The number of nitrogens with one attached hydrogen (secondary N) is 1. The SMILES string of the molecule is Cn1ncc(N=Nc2n(CCCCC(=O)C(F)(F)F)cc[n+]2CCCNC(=O)C(F)(F)F)c1N.Cn1ncc(N=Nc2n(CCC[NH3+])cc[n+]2CCC[NH3+])c1N.O=C([O-])C(F)(F)F.O=C([O-])C(F)(F)F.O=C([O-])C(F)(F)F.[Br-]. The van der Waals surface area contributed by atoms with Crippen LogP contribution in [0.25, 0.3) is 0 Å². The number of carbonyl (C=O) groups is 5. The van der Waals surface area contributed by atoms with Crippen molar-refractivity contribution in [1.82, 2.24) is 34.0 Å². The van der Waals surface area contributed by atoms with E-state index in [0.717, 1.165) is 45.0 Å². The minimum absolute atomic E-state index is 0. The number of nitrogens with two attached hydrogens (primary N) is 2. The Bertz CT molecular complexity index is 2440. The number of aromatic nitrogens is 8. The Kier molecular flexibility index (Phi) is 30.7. The van der Waals surface area contributed by atoms with Gasteiger partial charge in [0.1, 0.15) is 17.9 Å². The number of hydrogen-bond donors (Lipinski definition) is 5. The van der Waals surface area contributed by atoms with Crippen molar-refractivity contribution < 1.29 is 143 Å². The van der Waals surface area contributed by atoms with Gasteiger partial charge in [0.2, 0.25) is 5.78 Å². The van der Waals surface area contributed by atoms with Crippen LogP contribution in [0.15, 0.2) is 57.6 Å². The summed E-state index contributed by atoms with van der Waals surface area (Å²) in [5.74, 6) is -11.1. The third-order valence-electron chi connectivity index (χ3n) is 8.78. The first kappa shape index (κ1) is 72.6. The second-order valence-electron chi connectivity index (χ2n) is 14.7. The van der Waals surface area contributed by atoms with Gasteiger partial charge in [0.05, 0.1) is 76.4 Å². The van der Waals surface area contributed by atoms with E-state index >= 15 is 0 Å². The summed E-state index contributed by atoms with van der Waals surface area (Å²) >= 11 is 0. The van der Waals surface area contributed by atoms with Gasteiger partial charge in [0, 0.05) is 50.1 Å². The van der Waals surface area contributed by atoms with E-state index in [1.807, 2.05) is 12.4 Å². The molecule has 4 heterocycles. The molecule has 0 aromatic carbocycles. The van der Waals surface area contributed by atoms with Gasteiger partial charge in [-0.05, 0) is 19.3 Å². The number of nitrogen functional groups attached to an aromatic ring is 2. The molecule has 41 heteroatoms. The van der Waals surface area contributed by atoms with E-state index in [1.165, 1.54) is 10.9 Å². The normalized spacial score (nSPS) is 11.7. The van der Waals surface area contributed by atoms with E-state index in [9.17, 15) is 75.4 Å². The average Bonchev–Trinajstić information content (AvgIpc) is 4.07. The van der Waals surface area contributed by atoms with E-state index in [1.54, 1.807) is 51.8 Å². The van der Waals surface area contributed by atoms with Crippen molar-refractivity contribution in [2.24, 2.45) is 34.6 Å². The van der Waals surface area contributed by atoms with Crippen LogP contribution in [-0.4, -0.2) is 109 Å². The van der Waals surface area contributed by atoms with E-state index in [-0.39, 0.29) is 73.3 Å². The minimum atomic E-state index is -5.19. The molecular weight excluding hydrogens is 1180 g/mol. The molecule has 0 bridgehead atoms. The number of carbonyl (C=O) groups excluding carboxylic acids is 5. The maximum Gasteiger partial charge on any atom is 0.471 e. The Labute approximate surface area is 439 Å². The van der Waals surface area contributed by atoms with E-state index in [0.29, 0.717) is 11.5 Å². The quantitative estimate of drug-likeness (QED) is 0.0265. The van der Waals surface area contributed by atoms with Gasteiger partial charge >= 0.3 is 48.7 Å². The molecule has 442 valence electrons. The first-order valence-corrected chi connectivity index (χ1v) is 21.2. The smallest absolute Gasteiger partial charge is 0.471 e. The number of imidazole rings is 2. The number of amides is 1. The van der Waals surface area contributed by atoms with Gasteiger partial charge in [-0.3, -0.25) is 19.0 Å². The number of carboxylic acid groups (broad SMARTS) is 3. The van der Waals surface area contributed by atoms with Gasteiger partial charge < -0.3 is 74.9 Å². The number of nitrogens with zero attached hydrogens (tertiary/aromatic N) is 12. The highest BCUT2D eigenvalue weighted by molar-refractivity contribution is 5.84. The van der Waals surface area contributed by atoms with Crippen LogP contribution in [0.5, 0.6) is 0 Å². The van der Waals surface area contributed by atoms with Crippen molar-refractivity contribution in [2.75, 3.05) is 31.1 Å². The van der Waals surface area contributed by atoms with Crippen molar-refractivity contribution in [1.29, 1.82) is 0 Å². The Hall–Kier alpha value is -7.46. The number of quaternary nitrogens is 2. The van der Waals surface area contributed by atoms with Gasteiger partial charge in [-0.2, -0.15) is 76.1 Å². The molecule has 4 aromatic heterocycles. The molecule has 78 heavy (non-hydrogen) atoms. The van der Waals surface area contributed by atoms with Crippen molar-refractivity contribution in [3.05, 3.63) is 37.2 Å². The number of azo groups is 2. The third-order valence-corrected chi connectivity index (χ3v) is 8.78. The van der Waals surface area contributed by atoms with Crippen molar-refractivity contribution >= 4 is 64.5 Å². The first-order chi connectivity index (χ1) is 35.3. The van der Waals surface area contributed by atoms with Gasteiger partial charge in [0.15, 0.2) is 23.0 Å². The van der Waals surface area contributed by atoms with Crippen LogP contribution in [0.2, 0.25) is 0 Å². The molecule has 0 aliphatic carbocycles. The zero-order valence-corrected chi connectivity index (χ0v) is 42.0. The molecule has 1 amide bonds. The Morgan fingerprint density at radius 3 is 1.24 bits per heavy atom. The molecule has 0 fully saturated rings. The van der Waals surface area contributed by atoms with Crippen LogP contribution >= 0.6 is 0 Å².